The Kier molecular flexibility index (Phi) is 6.61. The standard InChI is InChI=1S/C20H28FN3O2/c21-17-2-4-18(5-3-17)23-20(26)16-9-13-24(14-10-16)19(25)6-1-15-7-11-22-12-8-15/h2-5,15-16,22H,1,6-14H2,(H,23,26). The first-order valence-electron chi connectivity index (χ1n) is 9.67. The minimum atomic E-state index is -0.320. The van der Waals surface area contributed by atoms with E-state index in [0.717, 1.165) is 19.5 Å². The minimum absolute atomic E-state index is 0.0431. The average molecular weight is 361 g/mol. The second-order valence-electron chi connectivity index (χ2n) is 7.38. The van der Waals surface area contributed by atoms with Gasteiger partial charge in [-0.3, -0.25) is 9.59 Å². The van der Waals surface area contributed by atoms with Gasteiger partial charge in [-0.25, -0.2) is 4.39 Å². The summed E-state index contributed by atoms with van der Waals surface area (Å²) in [5.74, 6) is 0.436. The van der Waals surface area contributed by atoms with Crippen LogP contribution in [-0.2, 0) is 9.59 Å². The summed E-state index contributed by atoms with van der Waals surface area (Å²) in [4.78, 5) is 26.7. The molecular formula is C20H28FN3O2. The molecule has 3 rings (SSSR count). The SMILES string of the molecule is O=C(Nc1ccc(F)cc1)C1CCN(C(=O)CCC2CCNCC2)CC1. The first-order chi connectivity index (χ1) is 12.6. The quantitative estimate of drug-likeness (QED) is 0.848. The van der Waals surface area contributed by atoms with E-state index in [0.29, 0.717) is 44.0 Å². The van der Waals surface area contributed by atoms with Crippen molar-refractivity contribution in [3.8, 4) is 0 Å². The number of rotatable bonds is 5. The Morgan fingerprint density at radius 2 is 1.73 bits per heavy atom. The third-order valence-electron chi connectivity index (χ3n) is 5.56. The molecule has 142 valence electrons. The lowest BCUT2D eigenvalue weighted by Crippen LogP contribution is -2.41. The zero-order valence-corrected chi connectivity index (χ0v) is 15.2. The number of likely N-dealkylation sites (tertiary alicyclic amines) is 1. The molecule has 0 aliphatic carbocycles. The van der Waals surface area contributed by atoms with E-state index in [-0.39, 0.29) is 23.5 Å². The molecule has 2 aliphatic heterocycles. The maximum absolute atomic E-state index is 12.9. The van der Waals surface area contributed by atoms with Crippen LogP contribution in [0.4, 0.5) is 10.1 Å². The van der Waals surface area contributed by atoms with Crippen LogP contribution in [0.3, 0.4) is 0 Å². The molecule has 2 amide bonds. The molecule has 2 aliphatic rings. The highest BCUT2D eigenvalue weighted by molar-refractivity contribution is 5.92. The third-order valence-corrected chi connectivity index (χ3v) is 5.56. The number of nitrogens with one attached hydrogen (secondary N) is 2. The monoisotopic (exact) mass is 361 g/mol. The van der Waals surface area contributed by atoms with Crippen molar-refractivity contribution in [1.29, 1.82) is 0 Å². The fourth-order valence-corrected chi connectivity index (χ4v) is 3.82. The Labute approximate surface area is 154 Å². The smallest absolute Gasteiger partial charge is 0.227 e. The molecule has 2 N–H and O–H groups in total. The first-order valence-corrected chi connectivity index (χ1v) is 9.67. The van der Waals surface area contributed by atoms with Gasteiger partial charge in [-0.2, -0.15) is 0 Å². The number of amides is 2. The molecule has 1 aromatic rings. The molecule has 0 spiro atoms. The van der Waals surface area contributed by atoms with Crippen molar-refractivity contribution in [2.75, 3.05) is 31.5 Å². The van der Waals surface area contributed by atoms with E-state index >= 15 is 0 Å². The molecule has 2 saturated heterocycles. The van der Waals surface area contributed by atoms with Crippen molar-refractivity contribution < 1.29 is 14.0 Å². The molecule has 5 nitrogen and oxygen atoms in total. The van der Waals surface area contributed by atoms with Gasteiger partial charge in [-0.1, -0.05) is 0 Å². The number of nitrogens with zero attached hydrogens (tertiary/aromatic N) is 1. The number of halogens is 1. The average Bonchev–Trinajstić information content (AvgIpc) is 2.69. The van der Waals surface area contributed by atoms with Crippen LogP contribution in [-0.4, -0.2) is 42.9 Å². The van der Waals surface area contributed by atoms with Gasteiger partial charge in [0.25, 0.3) is 0 Å². The molecule has 26 heavy (non-hydrogen) atoms. The molecule has 1 aromatic carbocycles. The van der Waals surface area contributed by atoms with Crippen LogP contribution in [0.25, 0.3) is 0 Å². The largest absolute Gasteiger partial charge is 0.343 e. The molecule has 2 fully saturated rings. The van der Waals surface area contributed by atoms with Gasteiger partial charge in [0.15, 0.2) is 0 Å². The van der Waals surface area contributed by atoms with E-state index in [9.17, 15) is 14.0 Å². The molecule has 0 bridgehead atoms. The fraction of sp³-hybridized carbons (Fsp3) is 0.600. The van der Waals surface area contributed by atoms with Crippen LogP contribution in [0.2, 0.25) is 0 Å². The van der Waals surface area contributed by atoms with Crippen molar-refractivity contribution in [3.63, 3.8) is 0 Å². The molecule has 0 saturated carbocycles. The second-order valence-corrected chi connectivity index (χ2v) is 7.38. The first kappa shape index (κ1) is 18.8. The van der Waals surface area contributed by atoms with E-state index in [2.05, 4.69) is 10.6 Å². The number of piperidine rings is 2. The number of benzene rings is 1. The van der Waals surface area contributed by atoms with Crippen LogP contribution < -0.4 is 10.6 Å². The predicted molar refractivity (Wildman–Crippen MR) is 99.2 cm³/mol. The Hall–Kier alpha value is -1.95. The van der Waals surface area contributed by atoms with Gasteiger partial charge in [0.1, 0.15) is 5.82 Å². The van der Waals surface area contributed by atoms with Gasteiger partial charge in [-0.15, -0.1) is 0 Å². The van der Waals surface area contributed by atoms with Gasteiger partial charge in [-0.05, 0) is 75.4 Å². The summed E-state index contributed by atoms with van der Waals surface area (Å²) in [6.07, 6.45) is 5.30. The zero-order chi connectivity index (χ0) is 18.4. The highest BCUT2D eigenvalue weighted by atomic mass is 19.1. The summed E-state index contributed by atoms with van der Waals surface area (Å²) in [6, 6.07) is 5.79. The van der Waals surface area contributed by atoms with Crippen LogP contribution in [0.15, 0.2) is 24.3 Å². The van der Waals surface area contributed by atoms with E-state index in [1.165, 1.54) is 25.0 Å². The normalized spacial score (nSPS) is 19.3. The molecule has 0 atom stereocenters. The molecule has 0 aromatic heterocycles. The number of carbonyl (C=O) groups excluding carboxylic acids is 2. The molecule has 0 radical (unpaired) electrons. The third kappa shape index (κ3) is 5.27. The van der Waals surface area contributed by atoms with Crippen LogP contribution in [0.1, 0.15) is 38.5 Å². The molecule has 0 unspecified atom stereocenters. The minimum Gasteiger partial charge on any atom is -0.343 e. The van der Waals surface area contributed by atoms with E-state index in [4.69, 9.17) is 0 Å². The van der Waals surface area contributed by atoms with Crippen molar-refractivity contribution in [2.45, 2.75) is 38.5 Å². The molecular weight excluding hydrogens is 333 g/mol. The van der Waals surface area contributed by atoms with Gasteiger partial charge >= 0.3 is 0 Å². The summed E-state index contributed by atoms with van der Waals surface area (Å²) >= 11 is 0. The van der Waals surface area contributed by atoms with Gasteiger partial charge < -0.3 is 15.5 Å². The van der Waals surface area contributed by atoms with Crippen molar-refractivity contribution in [1.82, 2.24) is 10.2 Å². The fourth-order valence-electron chi connectivity index (χ4n) is 3.82. The van der Waals surface area contributed by atoms with E-state index < -0.39 is 0 Å². The van der Waals surface area contributed by atoms with Crippen LogP contribution in [0.5, 0.6) is 0 Å². The summed E-state index contributed by atoms with van der Waals surface area (Å²) in [5.41, 5.74) is 0.608. The maximum Gasteiger partial charge on any atom is 0.227 e. The lowest BCUT2D eigenvalue weighted by atomic mass is 9.92. The van der Waals surface area contributed by atoms with Crippen LogP contribution >= 0.6 is 0 Å². The highest BCUT2D eigenvalue weighted by Crippen LogP contribution is 2.22. The van der Waals surface area contributed by atoms with Crippen molar-refractivity contribution in [3.05, 3.63) is 30.1 Å². The number of hydrogen-bond acceptors (Lipinski definition) is 3. The summed E-state index contributed by atoms with van der Waals surface area (Å²) in [5, 5.41) is 6.19. The second kappa shape index (κ2) is 9.12. The lowest BCUT2D eigenvalue weighted by molar-refractivity contribution is -0.134. The zero-order valence-electron chi connectivity index (χ0n) is 15.2. The number of anilines is 1. The Bertz CT molecular complexity index is 606. The molecule has 2 heterocycles. The number of hydrogen-bond donors (Lipinski definition) is 2. The molecule has 6 heteroatoms. The Balaban J connectivity index is 1.39. The maximum atomic E-state index is 12.9. The van der Waals surface area contributed by atoms with E-state index in [1.54, 1.807) is 12.1 Å². The Morgan fingerprint density at radius 1 is 1.08 bits per heavy atom. The van der Waals surface area contributed by atoms with Crippen LogP contribution in [0, 0.1) is 17.7 Å². The number of carbonyl (C=O) groups is 2. The predicted octanol–water partition coefficient (Wildman–Crippen LogP) is 2.78. The Morgan fingerprint density at radius 3 is 2.38 bits per heavy atom. The van der Waals surface area contributed by atoms with Gasteiger partial charge in [0, 0.05) is 31.1 Å². The lowest BCUT2D eigenvalue weighted by Gasteiger charge is -2.32. The highest BCUT2D eigenvalue weighted by Gasteiger charge is 2.27. The topological polar surface area (TPSA) is 61.4 Å². The van der Waals surface area contributed by atoms with E-state index in [1.807, 2.05) is 4.90 Å². The van der Waals surface area contributed by atoms with Crippen molar-refractivity contribution >= 4 is 17.5 Å². The van der Waals surface area contributed by atoms with Gasteiger partial charge in [0.2, 0.25) is 11.8 Å². The summed E-state index contributed by atoms with van der Waals surface area (Å²) in [7, 11) is 0. The van der Waals surface area contributed by atoms with Crippen molar-refractivity contribution in [2.24, 2.45) is 11.8 Å². The summed E-state index contributed by atoms with van der Waals surface area (Å²) in [6.45, 7) is 3.42. The summed E-state index contributed by atoms with van der Waals surface area (Å²) < 4.78 is 12.9. The van der Waals surface area contributed by atoms with Gasteiger partial charge in [0.05, 0.1) is 0 Å².